The smallest absolute Gasteiger partial charge is 0.294 e. The van der Waals surface area contributed by atoms with E-state index >= 15 is 0 Å². The molecule has 3 rings (SSSR count). The van der Waals surface area contributed by atoms with Crippen molar-refractivity contribution in [2.75, 3.05) is 0 Å². The van der Waals surface area contributed by atoms with Crippen molar-refractivity contribution in [2.45, 2.75) is 20.3 Å². The van der Waals surface area contributed by atoms with Gasteiger partial charge in [0.1, 0.15) is 5.92 Å². The summed E-state index contributed by atoms with van der Waals surface area (Å²) in [5, 5.41) is 4.01. The van der Waals surface area contributed by atoms with Gasteiger partial charge in [0.25, 0.3) is 0 Å². The van der Waals surface area contributed by atoms with Crippen LogP contribution in [0.3, 0.4) is 0 Å². The fourth-order valence-corrected chi connectivity index (χ4v) is 3.25. The zero-order valence-electron chi connectivity index (χ0n) is 16.0. The van der Waals surface area contributed by atoms with Crippen LogP contribution in [0.1, 0.15) is 38.3 Å². The number of barbiturate groups is 1. The quantitative estimate of drug-likeness (QED) is 0.579. The molecule has 1 fully saturated rings. The van der Waals surface area contributed by atoms with E-state index in [-0.39, 0.29) is 17.8 Å². The standard InChI is InChI=1S/C22H20N2O5/c1-12-3-7-14(8-4-12)17(25)11-16(18-20(27)23-22(29)24-21(18)28)19(26)15-9-5-13(2)6-10-15/h3-10,16,18H,11H2,1-2H3,(H2,23,24,27,28,29). The maximum absolute atomic E-state index is 13.2. The Morgan fingerprint density at radius 1 is 0.793 bits per heavy atom. The lowest BCUT2D eigenvalue weighted by Crippen LogP contribution is -2.58. The second-order valence-electron chi connectivity index (χ2n) is 7.12. The van der Waals surface area contributed by atoms with Gasteiger partial charge in [0.15, 0.2) is 11.6 Å². The first-order valence-electron chi connectivity index (χ1n) is 9.12. The van der Waals surface area contributed by atoms with Gasteiger partial charge in [0.05, 0.1) is 5.92 Å². The molecule has 1 aliphatic heterocycles. The number of ketones is 2. The number of Topliss-reactive ketones (excluding diaryl/α,β-unsaturated/α-hetero) is 2. The van der Waals surface area contributed by atoms with E-state index in [9.17, 15) is 24.0 Å². The number of imide groups is 2. The highest BCUT2D eigenvalue weighted by Gasteiger charge is 2.44. The van der Waals surface area contributed by atoms with Crippen molar-refractivity contribution in [3.05, 3.63) is 70.8 Å². The van der Waals surface area contributed by atoms with E-state index in [4.69, 9.17) is 0 Å². The van der Waals surface area contributed by atoms with Gasteiger partial charge in [-0.25, -0.2) is 4.79 Å². The Kier molecular flexibility index (Phi) is 5.68. The van der Waals surface area contributed by atoms with E-state index in [2.05, 4.69) is 0 Å². The lowest BCUT2D eigenvalue weighted by molar-refractivity contribution is -0.137. The van der Waals surface area contributed by atoms with Crippen molar-refractivity contribution in [3.63, 3.8) is 0 Å². The summed E-state index contributed by atoms with van der Waals surface area (Å²) >= 11 is 0. The number of amides is 4. The van der Waals surface area contributed by atoms with E-state index in [1.54, 1.807) is 48.5 Å². The summed E-state index contributed by atoms with van der Waals surface area (Å²) in [5.74, 6) is -5.36. The monoisotopic (exact) mass is 392 g/mol. The van der Waals surface area contributed by atoms with E-state index in [1.165, 1.54) is 0 Å². The summed E-state index contributed by atoms with van der Waals surface area (Å²) in [6.45, 7) is 3.74. The lowest BCUT2D eigenvalue weighted by atomic mass is 9.79. The average Bonchev–Trinajstić information content (AvgIpc) is 2.67. The molecular formula is C22H20N2O5. The first-order chi connectivity index (χ1) is 13.8. The van der Waals surface area contributed by atoms with Gasteiger partial charge in [-0.15, -0.1) is 0 Å². The van der Waals surface area contributed by atoms with Crippen LogP contribution in [0.15, 0.2) is 48.5 Å². The van der Waals surface area contributed by atoms with Gasteiger partial charge < -0.3 is 0 Å². The topological polar surface area (TPSA) is 109 Å². The molecule has 0 aliphatic carbocycles. The normalized spacial score (nSPS) is 15.4. The molecule has 0 aromatic heterocycles. The third-order valence-electron chi connectivity index (χ3n) is 4.89. The second-order valence-corrected chi connectivity index (χ2v) is 7.12. The summed E-state index contributed by atoms with van der Waals surface area (Å²) in [5.41, 5.74) is 2.57. The van der Waals surface area contributed by atoms with Gasteiger partial charge in [-0.1, -0.05) is 59.7 Å². The van der Waals surface area contributed by atoms with Gasteiger partial charge in [-0.2, -0.15) is 0 Å². The van der Waals surface area contributed by atoms with E-state index in [1.807, 2.05) is 24.5 Å². The molecule has 1 aliphatic rings. The number of urea groups is 1. The molecule has 0 radical (unpaired) electrons. The van der Waals surface area contributed by atoms with Gasteiger partial charge in [-0.05, 0) is 13.8 Å². The number of hydrogen-bond acceptors (Lipinski definition) is 5. The van der Waals surface area contributed by atoms with Crippen LogP contribution >= 0.6 is 0 Å². The second kappa shape index (κ2) is 8.18. The highest BCUT2D eigenvalue weighted by atomic mass is 16.2. The molecule has 0 spiro atoms. The number of carbonyl (C=O) groups excluding carboxylic acids is 5. The minimum absolute atomic E-state index is 0.287. The van der Waals surface area contributed by atoms with Crippen LogP contribution < -0.4 is 10.6 Å². The van der Waals surface area contributed by atoms with Crippen molar-refractivity contribution in [1.29, 1.82) is 0 Å². The summed E-state index contributed by atoms with van der Waals surface area (Å²) in [4.78, 5) is 62.0. The molecule has 29 heavy (non-hydrogen) atoms. The molecule has 2 aromatic rings. The van der Waals surface area contributed by atoms with Gasteiger partial charge in [-0.3, -0.25) is 29.8 Å². The maximum Gasteiger partial charge on any atom is 0.328 e. The molecule has 2 N–H and O–H groups in total. The number of rotatable bonds is 6. The summed E-state index contributed by atoms with van der Waals surface area (Å²) in [7, 11) is 0. The fraction of sp³-hybridized carbons (Fsp3) is 0.227. The molecule has 1 heterocycles. The van der Waals surface area contributed by atoms with E-state index in [0.29, 0.717) is 5.56 Å². The molecule has 2 aromatic carbocycles. The molecule has 1 unspecified atom stereocenters. The summed E-state index contributed by atoms with van der Waals surface area (Å²) < 4.78 is 0. The van der Waals surface area contributed by atoms with Crippen LogP contribution in [0.4, 0.5) is 4.79 Å². The van der Waals surface area contributed by atoms with Crippen LogP contribution in [-0.4, -0.2) is 29.4 Å². The molecule has 1 atom stereocenters. The number of carbonyl (C=O) groups is 5. The van der Waals surface area contributed by atoms with Crippen LogP contribution in [0.2, 0.25) is 0 Å². The first-order valence-corrected chi connectivity index (χ1v) is 9.12. The Morgan fingerprint density at radius 3 is 1.72 bits per heavy atom. The highest BCUT2D eigenvalue weighted by molar-refractivity contribution is 6.19. The minimum Gasteiger partial charge on any atom is -0.294 e. The van der Waals surface area contributed by atoms with Crippen LogP contribution in [-0.2, 0) is 9.59 Å². The predicted molar refractivity (Wildman–Crippen MR) is 104 cm³/mol. The number of hydrogen-bond donors (Lipinski definition) is 2. The first kappa shape index (κ1) is 20.1. The molecular weight excluding hydrogens is 372 g/mol. The molecule has 0 bridgehead atoms. The Balaban J connectivity index is 1.95. The summed E-state index contributed by atoms with van der Waals surface area (Å²) in [6, 6.07) is 12.5. The Labute approximate surface area is 167 Å². The van der Waals surface area contributed by atoms with Crippen molar-refractivity contribution in [3.8, 4) is 0 Å². The zero-order chi connectivity index (χ0) is 21.1. The Bertz CT molecular complexity index is 973. The minimum atomic E-state index is -1.48. The van der Waals surface area contributed by atoms with Crippen molar-refractivity contribution in [2.24, 2.45) is 11.8 Å². The molecule has 4 amide bonds. The van der Waals surface area contributed by atoms with Crippen LogP contribution in [0, 0.1) is 25.7 Å². The SMILES string of the molecule is Cc1ccc(C(=O)CC(C(=O)c2ccc(C)cc2)C2C(=O)NC(=O)NC2=O)cc1. The number of benzene rings is 2. The Hall–Kier alpha value is -3.61. The number of aryl methyl sites for hydroxylation is 2. The van der Waals surface area contributed by atoms with Gasteiger partial charge in [0.2, 0.25) is 11.8 Å². The largest absolute Gasteiger partial charge is 0.328 e. The predicted octanol–water partition coefficient (Wildman–Crippen LogP) is 2.36. The number of nitrogens with one attached hydrogen (secondary N) is 2. The zero-order valence-corrected chi connectivity index (χ0v) is 16.0. The highest BCUT2D eigenvalue weighted by Crippen LogP contribution is 2.26. The molecule has 148 valence electrons. The van der Waals surface area contributed by atoms with Crippen molar-refractivity contribution < 1.29 is 24.0 Å². The third-order valence-corrected chi connectivity index (χ3v) is 4.89. The fourth-order valence-electron chi connectivity index (χ4n) is 3.25. The average molecular weight is 392 g/mol. The molecule has 7 nitrogen and oxygen atoms in total. The van der Waals surface area contributed by atoms with Crippen molar-refractivity contribution >= 4 is 29.4 Å². The van der Waals surface area contributed by atoms with Crippen LogP contribution in [0.5, 0.6) is 0 Å². The van der Waals surface area contributed by atoms with E-state index < -0.39 is 35.5 Å². The molecule has 7 heteroatoms. The van der Waals surface area contributed by atoms with Crippen molar-refractivity contribution in [1.82, 2.24) is 10.6 Å². The van der Waals surface area contributed by atoms with E-state index in [0.717, 1.165) is 11.1 Å². The summed E-state index contributed by atoms with van der Waals surface area (Å²) in [6.07, 6.45) is -0.338. The molecule has 1 saturated heterocycles. The van der Waals surface area contributed by atoms with Crippen LogP contribution in [0.25, 0.3) is 0 Å². The maximum atomic E-state index is 13.2. The van der Waals surface area contributed by atoms with Gasteiger partial charge in [0, 0.05) is 17.5 Å². The molecule has 0 saturated carbocycles. The third kappa shape index (κ3) is 4.45. The lowest BCUT2D eigenvalue weighted by Gasteiger charge is -2.27. The Morgan fingerprint density at radius 2 is 1.24 bits per heavy atom. The van der Waals surface area contributed by atoms with Gasteiger partial charge >= 0.3 is 6.03 Å².